The molecule has 0 spiro atoms. The van der Waals surface area contributed by atoms with E-state index in [1.807, 2.05) is 0 Å². The Morgan fingerprint density at radius 1 is 1.38 bits per heavy atom. The number of hydrogen-bond acceptors (Lipinski definition) is 7. The monoisotopic (exact) mass is 366 g/mol. The number of carbonyl (C=O) groups excluding carboxylic acids is 1. The molecule has 0 atom stereocenters. The topological polar surface area (TPSA) is 126 Å². The molecule has 0 aliphatic carbocycles. The van der Waals surface area contributed by atoms with Crippen LogP contribution in [0.1, 0.15) is 11.1 Å². The number of hydrogen-bond donors (Lipinski definition) is 2. The van der Waals surface area contributed by atoms with Crippen LogP contribution in [0.25, 0.3) is 11.6 Å². The first-order chi connectivity index (χ1) is 11.3. The molecule has 0 aromatic carbocycles. The molecule has 0 saturated heterocycles. The molecule has 0 aliphatic heterocycles. The predicted molar refractivity (Wildman–Crippen MR) is 91.1 cm³/mol. The molecule has 0 radical (unpaired) electrons. The van der Waals surface area contributed by atoms with Crippen molar-refractivity contribution in [3.8, 4) is 0 Å². The number of nitrogens with one attached hydrogen (secondary N) is 1. The molecule has 2 rings (SSSR count). The van der Waals surface area contributed by atoms with Crippen molar-refractivity contribution in [1.82, 2.24) is 10.0 Å². The van der Waals surface area contributed by atoms with Crippen molar-refractivity contribution in [2.24, 2.45) is 5.73 Å². The Morgan fingerprint density at radius 2 is 2.04 bits per heavy atom. The first kappa shape index (κ1) is 17.8. The second-order valence-corrected chi connectivity index (χ2v) is 6.95. The van der Waals surface area contributed by atoms with Gasteiger partial charge in [0.05, 0.1) is 11.8 Å². The number of nitrogens with zero attached hydrogens (tertiary/aromatic N) is 2. The number of nitrogens with two attached hydrogens (primary N) is 1. The molecule has 8 nitrogen and oxygen atoms in total. The van der Waals surface area contributed by atoms with E-state index in [9.17, 15) is 13.2 Å². The Labute approximate surface area is 142 Å². The Kier molecular flexibility index (Phi) is 5.44. The lowest BCUT2D eigenvalue weighted by atomic mass is 10.1. The van der Waals surface area contributed by atoms with Crippen molar-refractivity contribution in [3.63, 3.8) is 0 Å². The summed E-state index contributed by atoms with van der Waals surface area (Å²) in [6, 6.07) is 5.04. The zero-order chi connectivity index (χ0) is 17.7. The predicted octanol–water partition coefficient (Wildman–Crippen LogP) is 1.30. The van der Waals surface area contributed by atoms with E-state index in [1.54, 1.807) is 41.4 Å². The quantitative estimate of drug-likeness (QED) is 0.355. The molecule has 126 valence electrons. The zero-order valence-electron chi connectivity index (χ0n) is 12.5. The summed E-state index contributed by atoms with van der Waals surface area (Å²) in [6.45, 7) is 0. The smallest absolute Gasteiger partial charge is 0.286 e. The van der Waals surface area contributed by atoms with Crippen LogP contribution in [0.5, 0.6) is 0 Å². The minimum Gasteiger partial charge on any atom is -0.368 e. The molecule has 1 amide bonds. The minimum atomic E-state index is -4.04. The average Bonchev–Trinajstić information content (AvgIpc) is 3.03. The normalized spacial score (nSPS) is 12.0. The van der Waals surface area contributed by atoms with Crippen molar-refractivity contribution in [2.75, 3.05) is 6.26 Å². The van der Waals surface area contributed by atoms with Gasteiger partial charge in [-0.25, -0.2) is 0 Å². The molecule has 0 saturated carbocycles. The number of carbonyl (C=O) groups is 1. The molecule has 0 fully saturated rings. The number of thiophene rings is 1. The number of guanidine groups is 1. The summed E-state index contributed by atoms with van der Waals surface area (Å²) in [5.74, 6) is -1.72. The fraction of sp³-hybridized carbons (Fsp3) is 0.0714. The third-order valence-electron chi connectivity index (χ3n) is 2.69. The first-order valence-electron chi connectivity index (χ1n) is 6.50. The van der Waals surface area contributed by atoms with Crippen LogP contribution < -0.4 is 5.73 Å². The van der Waals surface area contributed by atoms with Crippen LogP contribution >= 0.6 is 11.3 Å². The molecule has 2 heterocycles. The summed E-state index contributed by atoms with van der Waals surface area (Å²) in [6.07, 6.45) is 5.40. The van der Waals surface area contributed by atoms with Gasteiger partial charge in [-0.2, -0.15) is 19.8 Å². The highest BCUT2D eigenvalue weighted by Gasteiger charge is 2.27. The van der Waals surface area contributed by atoms with Crippen LogP contribution in [-0.2, 0) is 19.2 Å². The van der Waals surface area contributed by atoms with Gasteiger partial charge in [-0.1, -0.05) is 0 Å². The molecule has 2 aromatic rings. The maximum atomic E-state index is 12.7. The van der Waals surface area contributed by atoms with Crippen molar-refractivity contribution in [1.29, 1.82) is 5.41 Å². The van der Waals surface area contributed by atoms with Gasteiger partial charge >= 0.3 is 0 Å². The van der Waals surface area contributed by atoms with Crippen LogP contribution in [0.2, 0.25) is 0 Å². The molecule has 0 bridgehead atoms. The maximum Gasteiger partial charge on any atom is 0.286 e. The Hall–Kier alpha value is -2.56. The lowest BCUT2D eigenvalue weighted by molar-refractivity contribution is -0.137. The van der Waals surface area contributed by atoms with Gasteiger partial charge in [0.1, 0.15) is 0 Å². The fourth-order valence-corrected chi connectivity index (χ4v) is 2.82. The van der Waals surface area contributed by atoms with Crippen LogP contribution in [0, 0.1) is 5.41 Å². The zero-order valence-corrected chi connectivity index (χ0v) is 14.2. The Morgan fingerprint density at radius 3 is 2.54 bits per heavy atom. The number of rotatable bonds is 5. The average molecular weight is 366 g/mol. The maximum absolute atomic E-state index is 12.7. The minimum absolute atomic E-state index is 0.126. The number of pyridine rings is 1. The molecule has 0 aliphatic rings. The van der Waals surface area contributed by atoms with E-state index >= 15 is 0 Å². The Balaban J connectivity index is 2.48. The van der Waals surface area contributed by atoms with E-state index < -0.39 is 22.0 Å². The highest BCUT2D eigenvalue weighted by Crippen LogP contribution is 2.23. The number of hydroxylamine groups is 2. The van der Waals surface area contributed by atoms with E-state index in [-0.39, 0.29) is 10.6 Å². The molecular formula is C14H14N4O4S2. The number of amides is 1. The summed E-state index contributed by atoms with van der Waals surface area (Å²) in [5.41, 5.74) is 6.64. The lowest BCUT2D eigenvalue weighted by Gasteiger charge is -2.19. The van der Waals surface area contributed by atoms with E-state index in [0.717, 1.165) is 6.26 Å². The third kappa shape index (κ3) is 4.72. The van der Waals surface area contributed by atoms with Crippen molar-refractivity contribution in [2.45, 2.75) is 0 Å². The molecule has 3 N–H and O–H groups in total. The molecular weight excluding hydrogens is 352 g/mol. The summed E-state index contributed by atoms with van der Waals surface area (Å²) >= 11 is 1.36. The van der Waals surface area contributed by atoms with Crippen LogP contribution in [-0.4, -0.2) is 36.6 Å². The second kappa shape index (κ2) is 7.34. The van der Waals surface area contributed by atoms with Crippen LogP contribution in [0.4, 0.5) is 0 Å². The van der Waals surface area contributed by atoms with Crippen molar-refractivity contribution in [3.05, 3.63) is 52.5 Å². The summed E-state index contributed by atoms with van der Waals surface area (Å²) in [5, 5.41) is 11.1. The standard InChI is InChI=1S/C14H14N4O4S2/c1-24(20,21)22-18(14(15)16)13(19)12(11-4-7-23-9-11)8-10-2-5-17-6-3-10/h2-9H,1H3,(H3,15,16)/b12-8+. The van der Waals surface area contributed by atoms with Crippen molar-refractivity contribution >= 4 is 45.0 Å². The van der Waals surface area contributed by atoms with E-state index in [1.165, 1.54) is 17.4 Å². The molecule has 0 unspecified atom stereocenters. The highest BCUT2D eigenvalue weighted by molar-refractivity contribution is 7.85. The van der Waals surface area contributed by atoms with Gasteiger partial charge in [0.2, 0.25) is 5.96 Å². The molecule has 2 aromatic heterocycles. The van der Waals surface area contributed by atoms with Gasteiger partial charge in [0.25, 0.3) is 16.0 Å². The fourth-order valence-electron chi connectivity index (χ4n) is 1.74. The lowest BCUT2D eigenvalue weighted by Crippen LogP contribution is -2.42. The van der Waals surface area contributed by atoms with Gasteiger partial charge in [0.15, 0.2) is 0 Å². The van der Waals surface area contributed by atoms with Gasteiger partial charge in [-0.15, -0.1) is 9.35 Å². The second-order valence-electron chi connectivity index (χ2n) is 4.61. The van der Waals surface area contributed by atoms with Crippen LogP contribution in [0.15, 0.2) is 41.4 Å². The summed E-state index contributed by atoms with van der Waals surface area (Å²) < 4.78 is 27.2. The van der Waals surface area contributed by atoms with Crippen LogP contribution in [0.3, 0.4) is 0 Å². The highest BCUT2D eigenvalue weighted by atomic mass is 32.2. The number of aromatic nitrogens is 1. The van der Waals surface area contributed by atoms with E-state index in [4.69, 9.17) is 11.1 Å². The third-order valence-corrected chi connectivity index (χ3v) is 3.80. The molecule has 10 heteroatoms. The van der Waals surface area contributed by atoms with Gasteiger partial charge in [-0.05, 0) is 46.2 Å². The SMILES string of the molecule is CS(=O)(=O)ON(C(=N)N)C(=O)/C(=C/c1ccncc1)c1ccsc1. The largest absolute Gasteiger partial charge is 0.368 e. The Bertz CT molecular complexity index is 861. The van der Waals surface area contributed by atoms with Gasteiger partial charge < -0.3 is 5.73 Å². The van der Waals surface area contributed by atoms with Crippen molar-refractivity contribution < 1.29 is 17.5 Å². The molecule has 24 heavy (non-hydrogen) atoms. The van der Waals surface area contributed by atoms with E-state index in [2.05, 4.69) is 9.27 Å². The summed E-state index contributed by atoms with van der Waals surface area (Å²) in [4.78, 5) is 16.6. The first-order valence-corrected chi connectivity index (χ1v) is 9.26. The summed E-state index contributed by atoms with van der Waals surface area (Å²) in [7, 11) is -4.04. The van der Waals surface area contributed by atoms with Gasteiger partial charge in [0, 0.05) is 12.4 Å². The van der Waals surface area contributed by atoms with Gasteiger partial charge in [-0.3, -0.25) is 15.2 Å². The van der Waals surface area contributed by atoms with E-state index in [0.29, 0.717) is 11.1 Å².